The van der Waals surface area contributed by atoms with Crippen molar-refractivity contribution in [2.45, 2.75) is 12.5 Å². The summed E-state index contributed by atoms with van der Waals surface area (Å²) in [6, 6.07) is 3.26. The first kappa shape index (κ1) is 9.45. The third-order valence-corrected chi connectivity index (χ3v) is 1.74. The zero-order valence-corrected chi connectivity index (χ0v) is 7.20. The van der Waals surface area contributed by atoms with Gasteiger partial charge in [-0.2, -0.15) is 0 Å². The second-order valence-corrected chi connectivity index (χ2v) is 2.83. The first-order valence-corrected chi connectivity index (χ1v) is 4.02. The van der Waals surface area contributed by atoms with Crippen LogP contribution >= 0.6 is 11.6 Å². The van der Waals surface area contributed by atoms with Crippen molar-refractivity contribution < 1.29 is 10.2 Å². The number of aliphatic hydroxyl groups is 2. The fourth-order valence-electron chi connectivity index (χ4n) is 0.914. The van der Waals surface area contributed by atoms with Gasteiger partial charge in [0.1, 0.15) is 5.15 Å². The van der Waals surface area contributed by atoms with E-state index in [1.807, 2.05) is 0 Å². The van der Waals surface area contributed by atoms with Gasteiger partial charge in [0.25, 0.3) is 0 Å². The summed E-state index contributed by atoms with van der Waals surface area (Å²) >= 11 is 5.60. The number of hydrogen-bond acceptors (Lipinski definition) is 3. The van der Waals surface area contributed by atoms with Crippen LogP contribution in [0.15, 0.2) is 18.3 Å². The maximum Gasteiger partial charge on any atom is 0.129 e. The van der Waals surface area contributed by atoms with Gasteiger partial charge in [-0.3, -0.25) is 0 Å². The van der Waals surface area contributed by atoms with E-state index in [0.29, 0.717) is 17.1 Å². The molecule has 66 valence electrons. The first-order chi connectivity index (χ1) is 5.74. The van der Waals surface area contributed by atoms with Gasteiger partial charge in [0, 0.05) is 19.2 Å². The molecule has 0 fully saturated rings. The van der Waals surface area contributed by atoms with Gasteiger partial charge in [0.15, 0.2) is 0 Å². The van der Waals surface area contributed by atoms with Gasteiger partial charge < -0.3 is 10.2 Å². The van der Waals surface area contributed by atoms with E-state index < -0.39 is 6.10 Å². The highest BCUT2D eigenvalue weighted by Crippen LogP contribution is 2.17. The van der Waals surface area contributed by atoms with Crippen LogP contribution in [0.25, 0.3) is 0 Å². The van der Waals surface area contributed by atoms with Crippen molar-refractivity contribution in [1.29, 1.82) is 0 Å². The number of aliphatic hydroxyl groups excluding tert-OH is 2. The average Bonchev–Trinajstić information content (AvgIpc) is 2.05. The Labute approximate surface area is 75.6 Å². The number of aromatic nitrogens is 1. The molecule has 1 unspecified atom stereocenters. The van der Waals surface area contributed by atoms with Crippen LogP contribution in [0.3, 0.4) is 0 Å². The molecule has 4 heteroatoms. The number of halogens is 1. The molecule has 0 aromatic carbocycles. The fraction of sp³-hybridized carbons (Fsp3) is 0.375. The second-order valence-electron chi connectivity index (χ2n) is 2.44. The van der Waals surface area contributed by atoms with Gasteiger partial charge in [-0.05, 0) is 17.7 Å². The normalized spacial score (nSPS) is 12.9. The smallest absolute Gasteiger partial charge is 0.129 e. The molecule has 3 nitrogen and oxygen atoms in total. The zero-order valence-electron chi connectivity index (χ0n) is 6.44. The third-order valence-electron chi connectivity index (χ3n) is 1.54. The minimum Gasteiger partial charge on any atom is -0.396 e. The van der Waals surface area contributed by atoms with Crippen molar-refractivity contribution in [3.8, 4) is 0 Å². The Bertz CT molecular complexity index is 255. The van der Waals surface area contributed by atoms with E-state index in [-0.39, 0.29) is 6.61 Å². The average molecular weight is 188 g/mol. The van der Waals surface area contributed by atoms with Gasteiger partial charge in [0.2, 0.25) is 0 Å². The molecular formula is C8H10ClNO2. The quantitative estimate of drug-likeness (QED) is 0.698. The van der Waals surface area contributed by atoms with Crippen LogP contribution < -0.4 is 0 Å². The van der Waals surface area contributed by atoms with Crippen LogP contribution in [0.4, 0.5) is 0 Å². The summed E-state index contributed by atoms with van der Waals surface area (Å²) in [7, 11) is 0. The van der Waals surface area contributed by atoms with E-state index in [1.54, 1.807) is 12.1 Å². The van der Waals surface area contributed by atoms with E-state index in [1.165, 1.54) is 6.20 Å². The summed E-state index contributed by atoms with van der Waals surface area (Å²) in [6.07, 6.45) is 1.19. The van der Waals surface area contributed by atoms with Crippen LogP contribution in [0, 0.1) is 0 Å². The second kappa shape index (κ2) is 4.40. The molecule has 0 saturated carbocycles. The van der Waals surface area contributed by atoms with E-state index in [2.05, 4.69) is 4.98 Å². The number of rotatable bonds is 3. The first-order valence-electron chi connectivity index (χ1n) is 3.64. The summed E-state index contributed by atoms with van der Waals surface area (Å²) in [4.78, 5) is 3.77. The summed E-state index contributed by atoms with van der Waals surface area (Å²) in [5.41, 5.74) is 0.684. The lowest BCUT2D eigenvalue weighted by atomic mass is 10.1. The molecule has 0 aliphatic heterocycles. The Morgan fingerprint density at radius 2 is 2.33 bits per heavy atom. The van der Waals surface area contributed by atoms with Crippen molar-refractivity contribution in [3.05, 3.63) is 29.0 Å². The van der Waals surface area contributed by atoms with Crippen LogP contribution in [0.5, 0.6) is 0 Å². The number of nitrogens with zero attached hydrogens (tertiary/aromatic N) is 1. The molecule has 0 saturated heterocycles. The molecule has 1 heterocycles. The highest BCUT2D eigenvalue weighted by molar-refractivity contribution is 6.29. The Morgan fingerprint density at radius 1 is 1.58 bits per heavy atom. The lowest BCUT2D eigenvalue weighted by Crippen LogP contribution is -2.00. The third kappa shape index (κ3) is 2.44. The highest BCUT2D eigenvalue weighted by atomic mass is 35.5. The van der Waals surface area contributed by atoms with Crippen LogP contribution in [0.2, 0.25) is 5.15 Å². The van der Waals surface area contributed by atoms with Gasteiger partial charge in [-0.1, -0.05) is 11.6 Å². The predicted octanol–water partition coefficient (Wildman–Crippen LogP) is 1.15. The summed E-state index contributed by atoms with van der Waals surface area (Å²) in [6.45, 7) is -0.0406. The van der Waals surface area contributed by atoms with E-state index >= 15 is 0 Å². The molecule has 0 spiro atoms. The van der Waals surface area contributed by atoms with Crippen molar-refractivity contribution >= 4 is 11.6 Å². The Hall–Kier alpha value is -0.640. The van der Waals surface area contributed by atoms with Crippen molar-refractivity contribution in [2.24, 2.45) is 0 Å². The highest BCUT2D eigenvalue weighted by Gasteiger charge is 2.06. The number of hydrogen-bond donors (Lipinski definition) is 2. The van der Waals surface area contributed by atoms with E-state index in [0.717, 1.165) is 0 Å². The largest absolute Gasteiger partial charge is 0.396 e. The van der Waals surface area contributed by atoms with E-state index in [9.17, 15) is 5.11 Å². The maximum absolute atomic E-state index is 9.40. The lowest BCUT2D eigenvalue weighted by Gasteiger charge is -2.08. The molecule has 0 aliphatic rings. The molecule has 0 bridgehead atoms. The van der Waals surface area contributed by atoms with Gasteiger partial charge in [-0.25, -0.2) is 4.98 Å². The lowest BCUT2D eigenvalue weighted by molar-refractivity contribution is 0.134. The minimum absolute atomic E-state index is 0.0406. The molecule has 0 radical (unpaired) electrons. The molecule has 1 aromatic rings. The molecule has 12 heavy (non-hydrogen) atoms. The van der Waals surface area contributed by atoms with Crippen LogP contribution in [-0.2, 0) is 0 Å². The molecule has 2 N–H and O–H groups in total. The van der Waals surface area contributed by atoms with Gasteiger partial charge in [-0.15, -0.1) is 0 Å². The van der Waals surface area contributed by atoms with Crippen LogP contribution in [0.1, 0.15) is 18.1 Å². The Morgan fingerprint density at radius 3 is 2.92 bits per heavy atom. The molecule has 0 amide bonds. The molecule has 1 rings (SSSR count). The predicted molar refractivity (Wildman–Crippen MR) is 45.9 cm³/mol. The topological polar surface area (TPSA) is 53.4 Å². The monoisotopic (exact) mass is 187 g/mol. The Balaban J connectivity index is 2.73. The van der Waals surface area contributed by atoms with Crippen molar-refractivity contribution in [2.75, 3.05) is 6.61 Å². The number of pyridine rings is 1. The van der Waals surface area contributed by atoms with Crippen molar-refractivity contribution in [1.82, 2.24) is 4.98 Å². The Kier molecular flexibility index (Phi) is 3.47. The molecule has 1 atom stereocenters. The fourth-order valence-corrected chi connectivity index (χ4v) is 1.10. The zero-order chi connectivity index (χ0) is 8.97. The summed E-state index contributed by atoms with van der Waals surface area (Å²) in [5.74, 6) is 0. The summed E-state index contributed by atoms with van der Waals surface area (Å²) < 4.78 is 0. The SMILES string of the molecule is OCCC(O)c1ccnc(Cl)c1. The summed E-state index contributed by atoms with van der Waals surface area (Å²) in [5, 5.41) is 18.3. The minimum atomic E-state index is -0.657. The van der Waals surface area contributed by atoms with Crippen molar-refractivity contribution in [3.63, 3.8) is 0 Å². The van der Waals surface area contributed by atoms with Gasteiger partial charge >= 0.3 is 0 Å². The molecule has 1 aromatic heterocycles. The molecule has 0 aliphatic carbocycles. The van der Waals surface area contributed by atoms with E-state index in [4.69, 9.17) is 16.7 Å². The van der Waals surface area contributed by atoms with Gasteiger partial charge in [0.05, 0.1) is 6.10 Å². The maximum atomic E-state index is 9.40. The van der Waals surface area contributed by atoms with Crippen LogP contribution in [-0.4, -0.2) is 21.8 Å². The standard InChI is InChI=1S/C8H10ClNO2/c9-8-5-6(1-3-10-8)7(12)2-4-11/h1,3,5,7,11-12H,2,4H2. The molecular weight excluding hydrogens is 178 g/mol.